The first-order valence-electron chi connectivity index (χ1n) is 9.99. The molecule has 0 atom stereocenters. The molecule has 0 radical (unpaired) electrons. The molecule has 2 N–H and O–H groups in total. The summed E-state index contributed by atoms with van der Waals surface area (Å²) in [6, 6.07) is 3.22. The Bertz CT molecular complexity index is 1020. The van der Waals surface area contributed by atoms with E-state index in [1.807, 2.05) is 26.8 Å². The maximum Gasteiger partial charge on any atom is 0.273 e. The van der Waals surface area contributed by atoms with Gasteiger partial charge < -0.3 is 15.0 Å². The molecule has 0 spiro atoms. The van der Waals surface area contributed by atoms with Gasteiger partial charge in [-0.3, -0.25) is 4.79 Å². The number of hydrogen-bond acceptors (Lipinski definition) is 5. The van der Waals surface area contributed by atoms with Crippen molar-refractivity contribution in [2.45, 2.75) is 57.4 Å². The lowest BCUT2D eigenvalue weighted by molar-refractivity contribution is 0.0730. The van der Waals surface area contributed by atoms with E-state index in [2.05, 4.69) is 36.2 Å². The Labute approximate surface area is 177 Å². The van der Waals surface area contributed by atoms with Crippen molar-refractivity contribution in [1.82, 2.24) is 19.1 Å². The van der Waals surface area contributed by atoms with Gasteiger partial charge in [0.25, 0.3) is 5.91 Å². The van der Waals surface area contributed by atoms with E-state index in [0.29, 0.717) is 32.1 Å². The van der Waals surface area contributed by atoms with Crippen molar-refractivity contribution < 1.29 is 17.9 Å². The number of morpholine rings is 1. The van der Waals surface area contributed by atoms with Crippen molar-refractivity contribution in [2.24, 2.45) is 0 Å². The molecule has 0 aliphatic carbocycles. The number of carbonyl (C=O) groups excluding carboxylic acids is 1. The number of sulfonamides is 1. The van der Waals surface area contributed by atoms with Gasteiger partial charge in [0.15, 0.2) is 0 Å². The predicted molar refractivity (Wildman–Crippen MR) is 114 cm³/mol. The molecular weight excluding hydrogens is 406 g/mol. The Morgan fingerprint density at radius 3 is 2.33 bits per heavy atom. The highest BCUT2D eigenvalue weighted by molar-refractivity contribution is 7.89. The molecule has 2 aromatic heterocycles. The average molecular weight is 438 g/mol. The molecule has 2 aromatic rings. The molecule has 0 unspecified atom stereocenters. The summed E-state index contributed by atoms with van der Waals surface area (Å²) < 4.78 is 33.9. The minimum atomic E-state index is -3.67. The second-order valence-electron chi connectivity index (χ2n) is 9.47. The van der Waals surface area contributed by atoms with Crippen LogP contribution in [-0.2, 0) is 25.7 Å². The second kappa shape index (κ2) is 7.82. The van der Waals surface area contributed by atoms with Crippen LogP contribution in [0, 0.1) is 0 Å². The standard InChI is InChI=1S/C20H31N5O4S/c1-19(2,3)16-12-17(25(23-16)20(4,5)6)22-18(26)15-11-14(13-21-15)30(27,28)24-7-9-29-10-8-24/h11-13,21H,7-10H2,1-6H3,(H,22,26). The lowest BCUT2D eigenvalue weighted by atomic mass is 9.92. The van der Waals surface area contributed by atoms with E-state index in [1.54, 1.807) is 4.68 Å². The van der Waals surface area contributed by atoms with Gasteiger partial charge in [0, 0.05) is 30.8 Å². The predicted octanol–water partition coefficient (Wildman–Crippen LogP) is 2.54. The van der Waals surface area contributed by atoms with Crippen molar-refractivity contribution in [3.8, 4) is 0 Å². The van der Waals surface area contributed by atoms with Gasteiger partial charge in [-0.15, -0.1) is 0 Å². The molecule has 1 fully saturated rings. The van der Waals surface area contributed by atoms with Crippen LogP contribution < -0.4 is 5.32 Å². The Morgan fingerprint density at radius 1 is 1.13 bits per heavy atom. The number of ether oxygens (including phenoxy) is 1. The van der Waals surface area contributed by atoms with Crippen molar-refractivity contribution in [3.05, 3.63) is 29.7 Å². The fraction of sp³-hybridized carbons (Fsp3) is 0.600. The first-order chi connectivity index (χ1) is 13.8. The summed E-state index contributed by atoms with van der Waals surface area (Å²) in [7, 11) is -3.67. The average Bonchev–Trinajstić information content (AvgIpc) is 3.29. The third-order valence-corrected chi connectivity index (χ3v) is 6.74. The molecule has 3 rings (SSSR count). The molecule has 1 aliphatic rings. The highest BCUT2D eigenvalue weighted by Gasteiger charge is 2.29. The van der Waals surface area contributed by atoms with Crippen LogP contribution in [0.4, 0.5) is 5.82 Å². The monoisotopic (exact) mass is 437 g/mol. The van der Waals surface area contributed by atoms with E-state index in [4.69, 9.17) is 4.74 Å². The summed E-state index contributed by atoms with van der Waals surface area (Å²) in [6.07, 6.45) is 1.35. The van der Waals surface area contributed by atoms with Gasteiger partial charge in [-0.2, -0.15) is 9.40 Å². The zero-order valence-electron chi connectivity index (χ0n) is 18.4. The number of H-pyrrole nitrogens is 1. The van der Waals surface area contributed by atoms with E-state index < -0.39 is 15.9 Å². The zero-order valence-corrected chi connectivity index (χ0v) is 19.3. The summed E-state index contributed by atoms with van der Waals surface area (Å²) in [5.41, 5.74) is 0.504. The molecule has 1 amide bonds. The number of nitrogens with one attached hydrogen (secondary N) is 2. The number of aromatic amines is 1. The summed E-state index contributed by atoms with van der Waals surface area (Å²) in [4.78, 5) is 15.7. The van der Waals surface area contributed by atoms with E-state index in [0.717, 1.165) is 5.69 Å². The van der Waals surface area contributed by atoms with Gasteiger partial charge in [-0.1, -0.05) is 20.8 Å². The highest BCUT2D eigenvalue weighted by Crippen LogP contribution is 2.28. The number of rotatable bonds is 4. The SMILES string of the molecule is CC(C)(C)c1cc(NC(=O)c2cc(S(=O)(=O)N3CCOCC3)c[nH]2)n(C(C)(C)C)n1. The van der Waals surface area contributed by atoms with E-state index >= 15 is 0 Å². The third-order valence-electron chi connectivity index (χ3n) is 4.86. The maximum absolute atomic E-state index is 12.9. The van der Waals surface area contributed by atoms with Gasteiger partial charge in [0.2, 0.25) is 10.0 Å². The van der Waals surface area contributed by atoms with Crippen molar-refractivity contribution >= 4 is 21.7 Å². The summed E-state index contributed by atoms with van der Waals surface area (Å²) >= 11 is 0. The molecule has 0 aromatic carbocycles. The summed E-state index contributed by atoms with van der Waals surface area (Å²) in [6.45, 7) is 13.5. The number of carbonyl (C=O) groups is 1. The fourth-order valence-corrected chi connectivity index (χ4v) is 4.52. The van der Waals surface area contributed by atoms with Crippen LogP contribution >= 0.6 is 0 Å². The molecule has 1 aliphatic heterocycles. The summed E-state index contributed by atoms with van der Waals surface area (Å²) in [5, 5.41) is 7.55. The van der Waals surface area contributed by atoms with E-state index in [1.165, 1.54) is 16.6 Å². The Hall–Kier alpha value is -2.17. The fourth-order valence-electron chi connectivity index (χ4n) is 3.12. The van der Waals surface area contributed by atoms with Gasteiger partial charge >= 0.3 is 0 Å². The Kier molecular flexibility index (Phi) is 5.87. The third kappa shape index (κ3) is 4.60. The topological polar surface area (TPSA) is 109 Å². The normalized spacial score (nSPS) is 16.6. The van der Waals surface area contributed by atoms with Gasteiger partial charge in [-0.25, -0.2) is 13.1 Å². The van der Waals surface area contributed by atoms with Crippen LogP contribution in [0.15, 0.2) is 23.2 Å². The number of amides is 1. The Morgan fingerprint density at radius 2 is 1.77 bits per heavy atom. The van der Waals surface area contributed by atoms with Gasteiger partial charge in [-0.05, 0) is 26.8 Å². The first-order valence-corrected chi connectivity index (χ1v) is 11.4. The molecule has 9 nitrogen and oxygen atoms in total. The molecule has 0 saturated carbocycles. The Balaban J connectivity index is 1.85. The molecule has 166 valence electrons. The van der Waals surface area contributed by atoms with Crippen LogP contribution in [0.25, 0.3) is 0 Å². The number of hydrogen-bond donors (Lipinski definition) is 2. The van der Waals surface area contributed by atoms with Gasteiger partial charge in [0.1, 0.15) is 16.4 Å². The van der Waals surface area contributed by atoms with Crippen LogP contribution in [-0.4, -0.2) is 59.7 Å². The maximum atomic E-state index is 12.9. The number of aromatic nitrogens is 3. The van der Waals surface area contributed by atoms with Crippen LogP contribution in [0.3, 0.4) is 0 Å². The molecule has 30 heavy (non-hydrogen) atoms. The molecular formula is C20H31N5O4S. The molecule has 3 heterocycles. The lowest BCUT2D eigenvalue weighted by Crippen LogP contribution is -2.40. The largest absolute Gasteiger partial charge is 0.379 e. The van der Waals surface area contributed by atoms with Crippen LogP contribution in [0.1, 0.15) is 57.7 Å². The molecule has 0 bridgehead atoms. The smallest absolute Gasteiger partial charge is 0.273 e. The first kappa shape index (κ1) is 22.5. The van der Waals surface area contributed by atoms with Gasteiger partial charge in [0.05, 0.1) is 24.4 Å². The number of nitrogens with zero attached hydrogens (tertiary/aromatic N) is 3. The zero-order chi connectivity index (χ0) is 22.3. The number of anilines is 1. The van der Waals surface area contributed by atoms with Crippen LogP contribution in [0.5, 0.6) is 0 Å². The van der Waals surface area contributed by atoms with Crippen LogP contribution in [0.2, 0.25) is 0 Å². The minimum absolute atomic E-state index is 0.0641. The minimum Gasteiger partial charge on any atom is -0.379 e. The van der Waals surface area contributed by atoms with Crippen molar-refractivity contribution in [2.75, 3.05) is 31.6 Å². The molecule has 10 heteroatoms. The van der Waals surface area contributed by atoms with E-state index in [-0.39, 0.29) is 21.5 Å². The lowest BCUT2D eigenvalue weighted by Gasteiger charge is -2.25. The van der Waals surface area contributed by atoms with Crippen molar-refractivity contribution in [3.63, 3.8) is 0 Å². The quantitative estimate of drug-likeness (QED) is 0.764. The summed E-state index contributed by atoms with van der Waals surface area (Å²) in [5.74, 6) is 0.133. The molecule has 1 saturated heterocycles. The second-order valence-corrected chi connectivity index (χ2v) is 11.4. The van der Waals surface area contributed by atoms with Crippen molar-refractivity contribution in [1.29, 1.82) is 0 Å². The van der Waals surface area contributed by atoms with E-state index in [9.17, 15) is 13.2 Å². The highest BCUT2D eigenvalue weighted by atomic mass is 32.2.